The van der Waals surface area contributed by atoms with Gasteiger partial charge in [0.2, 0.25) is 0 Å². The molecule has 0 aliphatic carbocycles. The Hall–Kier alpha value is -0.420. The van der Waals surface area contributed by atoms with Crippen LogP contribution in [0.4, 0.5) is 5.69 Å². The smallest absolute Gasteiger partial charge is 0.0587 e. The van der Waals surface area contributed by atoms with E-state index in [4.69, 9.17) is 16.3 Å². The summed E-state index contributed by atoms with van der Waals surface area (Å²) in [5.74, 6) is 2.46. The Morgan fingerprint density at radius 2 is 2.25 bits per heavy atom. The highest BCUT2D eigenvalue weighted by atomic mass is 35.5. The number of ether oxygens (including phenoxy) is 1. The second-order valence-electron chi connectivity index (χ2n) is 4.86. The van der Waals surface area contributed by atoms with Gasteiger partial charge in [0, 0.05) is 55.3 Å². The van der Waals surface area contributed by atoms with Crippen molar-refractivity contribution in [1.82, 2.24) is 5.32 Å². The van der Waals surface area contributed by atoms with Crippen molar-refractivity contribution in [2.24, 2.45) is 0 Å². The zero-order valence-corrected chi connectivity index (χ0v) is 13.6. The van der Waals surface area contributed by atoms with E-state index in [1.165, 1.54) is 29.2 Å². The standard InChI is InChI=1S/C15H23ClN2OS/c1-19-9-6-17-12-13-14(16)4-2-5-15(13)18-7-3-10-20-11-8-18/h2,4-5,17H,3,6-12H2,1H3. The van der Waals surface area contributed by atoms with Crippen LogP contribution in [0, 0.1) is 0 Å². The molecule has 0 amide bonds. The number of halogens is 1. The molecule has 0 radical (unpaired) electrons. The number of benzene rings is 1. The van der Waals surface area contributed by atoms with Gasteiger partial charge >= 0.3 is 0 Å². The zero-order valence-electron chi connectivity index (χ0n) is 12.0. The summed E-state index contributed by atoms with van der Waals surface area (Å²) < 4.78 is 5.06. The SMILES string of the molecule is COCCNCc1c(Cl)cccc1N1CCCSCC1. The van der Waals surface area contributed by atoms with Crippen LogP contribution in [0.15, 0.2) is 18.2 Å². The third-order valence-electron chi connectivity index (χ3n) is 3.44. The van der Waals surface area contributed by atoms with E-state index in [1.54, 1.807) is 7.11 Å². The van der Waals surface area contributed by atoms with Crippen LogP contribution in [0.5, 0.6) is 0 Å². The third kappa shape index (κ3) is 4.55. The van der Waals surface area contributed by atoms with Gasteiger partial charge in [0.1, 0.15) is 0 Å². The molecule has 3 nitrogen and oxygen atoms in total. The molecular formula is C15H23ClN2OS. The molecule has 1 aliphatic rings. The largest absolute Gasteiger partial charge is 0.383 e. The fraction of sp³-hybridized carbons (Fsp3) is 0.600. The molecule has 0 unspecified atom stereocenters. The van der Waals surface area contributed by atoms with Crippen LogP contribution in [-0.2, 0) is 11.3 Å². The van der Waals surface area contributed by atoms with Crippen LogP contribution in [0.2, 0.25) is 5.02 Å². The monoisotopic (exact) mass is 314 g/mol. The predicted molar refractivity (Wildman–Crippen MR) is 89.2 cm³/mol. The van der Waals surface area contributed by atoms with Gasteiger partial charge < -0.3 is 15.0 Å². The molecule has 0 spiro atoms. The predicted octanol–water partition coefficient (Wildman–Crippen LogP) is 3.02. The molecule has 5 heteroatoms. The molecule has 1 fully saturated rings. The van der Waals surface area contributed by atoms with Crippen molar-refractivity contribution in [2.75, 3.05) is 49.8 Å². The van der Waals surface area contributed by atoms with Crippen molar-refractivity contribution >= 4 is 29.1 Å². The van der Waals surface area contributed by atoms with Gasteiger partial charge in [-0.25, -0.2) is 0 Å². The molecule has 0 atom stereocenters. The lowest BCUT2D eigenvalue weighted by Crippen LogP contribution is -2.28. The van der Waals surface area contributed by atoms with Crippen LogP contribution < -0.4 is 10.2 Å². The van der Waals surface area contributed by atoms with E-state index in [-0.39, 0.29) is 0 Å². The van der Waals surface area contributed by atoms with Gasteiger partial charge in [-0.3, -0.25) is 0 Å². The first-order valence-corrected chi connectivity index (χ1v) is 8.66. The second-order valence-corrected chi connectivity index (χ2v) is 6.49. The van der Waals surface area contributed by atoms with Crippen molar-refractivity contribution in [3.63, 3.8) is 0 Å². The molecule has 1 heterocycles. The number of hydrogen-bond acceptors (Lipinski definition) is 4. The van der Waals surface area contributed by atoms with Gasteiger partial charge in [-0.1, -0.05) is 17.7 Å². The second kappa shape index (κ2) is 8.78. The first-order valence-electron chi connectivity index (χ1n) is 7.12. The summed E-state index contributed by atoms with van der Waals surface area (Å²) in [5, 5.41) is 4.25. The van der Waals surface area contributed by atoms with Crippen LogP contribution in [0.25, 0.3) is 0 Å². The maximum atomic E-state index is 6.40. The third-order valence-corrected chi connectivity index (χ3v) is 4.84. The van der Waals surface area contributed by atoms with Gasteiger partial charge in [-0.15, -0.1) is 0 Å². The number of anilines is 1. The summed E-state index contributed by atoms with van der Waals surface area (Å²) in [4.78, 5) is 2.47. The molecule has 0 bridgehead atoms. The summed E-state index contributed by atoms with van der Waals surface area (Å²) >= 11 is 8.44. The van der Waals surface area contributed by atoms with Crippen molar-refractivity contribution < 1.29 is 4.74 Å². The zero-order chi connectivity index (χ0) is 14.2. The Morgan fingerprint density at radius 3 is 3.10 bits per heavy atom. The Kier molecular flexibility index (Phi) is 7.00. The number of methoxy groups -OCH3 is 1. The fourth-order valence-electron chi connectivity index (χ4n) is 2.39. The van der Waals surface area contributed by atoms with Crippen molar-refractivity contribution in [2.45, 2.75) is 13.0 Å². The molecule has 112 valence electrons. The number of nitrogens with one attached hydrogen (secondary N) is 1. The van der Waals surface area contributed by atoms with E-state index in [2.05, 4.69) is 16.3 Å². The molecule has 1 aromatic carbocycles. The highest BCUT2D eigenvalue weighted by molar-refractivity contribution is 7.99. The number of nitrogens with zero attached hydrogens (tertiary/aromatic N) is 1. The first kappa shape index (κ1) is 16.0. The lowest BCUT2D eigenvalue weighted by atomic mass is 10.1. The molecule has 2 rings (SSSR count). The lowest BCUT2D eigenvalue weighted by molar-refractivity contribution is 0.199. The minimum Gasteiger partial charge on any atom is -0.383 e. The quantitative estimate of drug-likeness (QED) is 0.816. The van der Waals surface area contributed by atoms with Crippen LogP contribution in [-0.4, -0.2) is 44.9 Å². The molecule has 1 aromatic rings. The van der Waals surface area contributed by atoms with Crippen LogP contribution >= 0.6 is 23.4 Å². The summed E-state index contributed by atoms with van der Waals surface area (Å²) in [6, 6.07) is 6.22. The molecule has 1 aliphatic heterocycles. The van der Waals surface area contributed by atoms with E-state index < -0.39 is 0 Å². The van der Waals surface area contributed by atoms with E-state index in [0.29, 0.717) is 0 Å². The van der Waals surface area contributed by atoms with Crippen molar-refractivity contribution in [3.8, 4) is 0 Å². The number of thioether (sulfide) groups is 1. The highest BCUT2D eigenvalue weighted by Crippen LogP contribution is 2.29. The van der Waals surface area contributed by atoms with Gasteiger partial charge in [0.05, 0.1) is 6.61 Å². The summed E-state index contributed by atoms with van der Waals surface area (Å²) in [5.41, 5.74) is 2.49. The lowest BCUT2D eigenvalue weighted by Gasteiger charge is -2.26. The molecule has 1 saturated heterocycles. The first-order chi connectivity index (χ1) is 9.83. The minimum absolute atomic E-state index is 0.722. The topological polar surface area (TPSA) is 24.5 Å². The number of hydrogen-bond donors (Lipinski definition) is 1. The van der Waals surface area contributed by atoms with E-state index in [9.17, 15) is 0 Å². The van der Waals surface area contributed by atoms with Crippen LogP contribution in [0.1, 0.15) is 12.0 Å². The van der Waals surface area contributed by atoms with Gasteiger partial charge in [-0.2, -0.15) is 11.8 Å². The summed E-state index contributed by atoms with van der Waals surface area (Å²) in [7, 11) is 1.72. The number of rotatable bonds is 6. The average molecular weight is 315 g/mol. The fourth-order valence-corrected chi connectivity index (χ4v) is 3.52. The van der Waals surface area contributed by atoms with E-state index in [1.807, 2.05) is 23.9 Å². The molecule has 1 N–H and O–H groups in total. The maximum Gasteiger partial charge on any atom is 0.0587 e. The van der Waals surface area contributed by atoms with Gasteiger partial charge in [-0.05, 0) is 24.3 Å². The van der Waals surface area contributed by atoms with Crippen LogP contribution in [0.3, 0.4) is 0 Å². The molecular weight excluding hydrogens is 292 g/mol. The minimum atomic E-state index is 0.722. The normalized spacial score (nSPS) is 16.2. The average Bonchev–Trinajstić information content (AvgIpc) is 2.74. The Labute approximate surface area is 131 Å². The van der Waals surface area contributed by atoms with E-state index >= 15 is 0 Å². The molecule has 0 aromatic heterocycles. The van der Waals surface area contributed by atoms with Crippen molar-refractivity contribution in [3.05, 3.63) is 28.8 Å². The summed E-state index contributed by atoms with van der Waals surface area (Å²) in [6.45, 7) is 4.59. The maximum absolute atomic E-state index is 6.40. The Balaban J connectivity index is 2.08. The van der Waals surface area contributed by atoms with Gasteiger partial charge in [0.15, 0.2) is 0 Å². The molecule has 0 saturated carbocycles. The Morgan fingerprint density at radius 1 is 1.35 bits per heavy atom. The molecule has 20 heavy (non-hydrogen) atoms. The van der Waals surface area contributed by atoms with Gasteiger partial charge in [0.25, 0.3) is 0 Å². The Bertz CT molecular complexity index is 409. The highest BCUT2D eigenvalue weighted by Gasteiger charge is 2.15. The summed E-state index contributed by atoms with van der Waals surface area (Å²) in [6.07, 6.45) is 1.24. The van der Waals surface area contributed by atoms with E-state index in [0.717, 1.165) is 37.8 Å². The van der Waals surface area contributed by atoms with Crippen molar-refractivity contribution in [1.29, 1.82) is 0 Å².